The van der Waals surface area contributed by atoms with Crippen molar-refractivity contribution in [2.24, 2.45) is 0 Å². The minimum absolute atomic E-state index is 0.237. The van der Waals surface area contributed by atoms with Crippen LogP contribution in [0.2, 0.25) is 0 Å². The zero-order valence-electron chi connectivity index (χ0n) is 19.8. The molecule has 0 spiro atoms. The molecule has 2 unspecified atom stereocenters. The Balaban J connectivity index is 1.58. The Morgan fingerprint density at radius 1 is 0.788 bits per heavy atom. The number of hydrogen-bond donors (Lipinski definition) is 0. The number of ether oxygens (including phenoxy) is 2. The molecule has 0 saturated heterocycles. The molecule has 0 N–H and O–H groups in total. The van der Waals surface area contributed by atoms with Gasteiger partial charge in [0.25, 0.3) is 0 Å². The Kier molecular flexibility index (Phi) is 6.64. The van der Waals surface area contributed by atoms with Gasteiger partial charge in [-0.15, -0.1) is 0 Å². The van der Waals surface area contributed by atoms with E-state index in [4.69, 9.17) is 9.47 Å². The molecule has 0 radical (unpaired) electrons. The van der Waals surface area contributed by atoms with Gasteiger partial charge in [0.15, 0.2) is 0 Å². The van der Waals surface area contributed by atoms with Gasteiger partial charge in [-0.2, -0.15) is 0 Å². The molecule has 2 nitrogen and oxygen atoms in total. The molecule has 0 heterocycles. The summed E-state index contributed by atoms with van der Waals surface area (Å²) in [5.41, 5.74) is 2.49. The molecule has 4 aromatic carbocycles. The summed E-state index contributed by atoms with van der Waals surface area (Å²) >= 11 is 0. The summed E-state index contributed by atoms with van der Waals surface area (Å²) in [6, 6.07) is 28.1. The number of fused-ring (bicyclic) bond motifs is 2. The van der Waals surface area contributed by atoms with Gasteiger partial charge in [-0.25, -0.2) is 0 Å². The smallest absolute Gasteiger partial charge is 0.228 e. The molecule has 1 fully saturated rings. The van der Waals surface area contributed by atoms with E-state index in [0.29, 0.717) is 5.92 Å². The van der Waals surface area contributed by atoms with Crippen LogP contribution in [0.25, 0.3) is 21.5 Å². The molecule has 5 rings (SSSR count). The Morgan fingerprint density at radius 3 is 2.00 bits per heavy atom. The van der Waals surface area contributed by atoms with Crippen LogP contribution in [0.1, 0.15) is 75.7 Å². The summed E-state index contributed by atoms with van der Waals surface area (Å²) in [6.45, 7) is 4.50. The van der Waals surface area contributed by atoms with Gasteiger partial charge in [0.1, 0.15) is 5.75 Å². The second-order valence-corrected chi connectivity index (χ2v) is 9.46. The van der Waals surface area contributed by atoms with E-state index < -0.39 is 6.29 Å². The minimum Gasteiger partial charge on any atom is -0.461 e. The molecule has 33 heavy (non-hydrogen) atoms. The highest BCUT2D eigenvalue weighted by molar-refractivity contribution is 6.02. The average molecular weight is 439 g/mol. The molecule has 0 aliphatic heterocycles. The monoisotopic (exact) mass is 438 g/mol. The van der Waals surface area contributed by atoms with E-state index >= 15 is 0 Å². The lowest BCUT2D eigenvalue weighted by Gasteiger charge is -2.29. The molecule has 2 atom stereocenters. The fourth-order valence-corrected chi connectivity index (χ4v) is 5.07. The summed E-state index contributed by atoms with van der Waals surface area (Å²) < 4.78 is 13.4. The first-order valence-electron chi connectivity index (χ1n) is 12.6. The van der Waals surface area contributed by atoms with Crippen LogP contribution in [0.4, 0.5) is 0 Å². The minimum atomic E-state index is -0.446. The first-order valence-corrected chi connectivity index (χ1v) is 12.6. The van der Waals surface area contributed by atoms with Crippen molar-refractivity contribution in [1.82, 2.24) is 0 Å². The van der Waals surface area contributed by atoms with Crippen LogP contribution in [0.3, 0.4) is 0 Å². The lowest BCUT2D eigenvalue weighted by Crippen LogP contribution is -2.23. The second kappa shape index (κ2) is 9.97. The molecule has 2 heteroatoms. The van der Waals surface area contributed by atoms with Gasteiger partial charge < -0.3 is 9.47 Å². The van der Waals surface area contributed by atoms with Crippen molar-refractivity contribution in [1.29, 1.82) is 0 Å². The summed E-state index contributed by atoms with van der Waals surface area (Å²) in [5, 5.41) is 4.85. The van der Waals surface area contributed by atoms with Crippen LogP contribution in [0.5, 0.6) is 5.75 Å². The third-order valence-electron chi connectivity index (χ3n) is 7.22. The number of benzene rings is 4. The second-order valence-electron chi connectivity index (χ2n) is 9.46. The summed E-state index contributed by atoms with van der Waals surface area (Å²) in [6.07, 6.45) is 6.91. The first kappa shape index (κ1) is 22.0. The third-order valence-corrected chi connectivity index (χ3v) is 7.22. The molecule has 1 aliphatic rings. The van der Waals surface area contributed by atoms with Gasteiger partial charge in [0.2, 0.25) is 6.29 Å². The highest BCUT2D eigenvalue weighted by atomic mass is 16.7. The van der Waals surface area contributed by atoms with Gasteiger partial charge >= 0.3 is 0 Å². The van der Waals surface area contributed by atoms with Gasteiger partial charge in [0, 0.05) is 5.56 Å². The Morgan fingerprint density at radius 2 is 1.39 bits per heavy atom. The van der Waals surface area contributed by atoms with Gasteiger partial charge in [-0.1, -0.05) is 93.8 Å². The van der Waals surface area contributed by atoms with E-state index in [1.807, 2.05) is 0 Å². The average Bonchev–Trinajstić information content (AvgIpc) is 2.87. The molecule has 4 aromatic rings. The topological polar surface area (TPSA) is 18.5 Å². The lowest BCUT2D eigenvalue weighted by molar-refractivity contribution is -0.130. The SMILES string of the molecule is CCC(C)c1ccc(OC(OC2CCCCC2)c2c3ccccc3cc3ccccc23)cc1. The predicted molar refractivity (Wildman–Crippen MR) is 138 cm³/mol. The number of rotatable bonds is 7. The molecular weight excluding hydrogens is 404 g/mol. The van der Waals surface area contributed by atoms with Gasteiger partial charge in [-0.05, 0) is 70.5 Å². The van der Waals surface area contributed by atoms with Crippen LogP contribution in [-0.2, 0) is 4.74 Å². The van der Waals surface area contributed by atoms with E-state index in [1.165, 1.54) is 46.4 Å². The van der Waals surface area contributed by atoms with Gasteiger partial charge in [-0.3, -0.25) is 0 Å². The Bertz CT molecular complexity index is 1150. The Hall–Kier alpha value is -2.84. The van der Waals surface area contributed by atoms with E-state index in [-0.39, 0.29) is 6.10 Å². The van der Waals surface area contributed by atoms with Crippen molar-refractivity contribution in [2.45, 2.75) is 70.7 Å². The fraction of sp³-hybridized carbons (Fsp3) is 0.355. The maximum Gasteiger partial charge on any atom is 0.228 e. The van der Waals surface area contributed by atoms with Gasteiger partial charge in [0.05, 0.1) is 6.10 Å². The zero-order valence-corrected chi connectivity index (χ0v) is 19.8. The van der Waals surface area contributed by atoms with Crippen molar-refractivity contribution in [3.05, 3.63) is 90.0 Å². The highest BCUT2D eigenvalue weighted by Gasteiger charge is 2.25. The summed E-state index contributed by atoms with van der Waals surface area (Å²) in [5.74, 6) is 1.41. The largest absolute Gasteiger partial charge is 0.461 e. The fourth-order valence-electron chi connectivity index (χ4n) is 5.07. The molecule has 170 valence electrons. The highest BCUT2D eigenvalue weighted by Crippen LogP contribution is 2.38. The van der Waals surface area contributed by atoms with Crippen LogP contribution < -0.4 is 4.74 Å². The molecule has 0 amide bonds. The number of hydrogen-bond acceptors (Lipinski definition) is 2. The maximum atomic E-state index is 6.77. The van der Waals surface area contributed by atoms with E-state index in [0.717, 1.165) is 30.6 Å². The first-order chi connectivity index (χ1) is 16.2. The van der Waals surface area contributed by atoms with Crippen molar-refractivity contribution in [3.8, 4) is 5.75 Å². The normalized spacial score (nSPS) is 16.7. The Labute approximate surface area is 197 Å². The van der Waals surface area contributed by atoms with Crippen LogP contribution in [-0.4, -0.2) is 6.10 Å². The van der Waals surface area contributed by atoms with E-state index in [2.05, 4.69) is 92.7 Å². The molecular formula is C31H34O2. The van der Waals surface area contributed by atoms with Crippen molar-refractivity contribution >= 4 is 21.5 Å². The molecule has 0 aromatic heterocycles. The summed E-state index contributed by atoms with van der Waals surface area (Å²) in [7, 11) is 0. The lowest BCUT2D eigenvalue weighted by atomic mass is 9.95. The standard InChI is InChI=1S/C31H34O2/c1-3-22(2)23-17-19-27(20-18-23)33-31(32-26-13-5-4-6-14-26)30-28-15-9-7-11-24(28)21-25-12-8-10-16-29(25)30/h7-12,15-22,26,31H,3-6,13-14H2,1-2H3. The van der Waals surface area contributed by atoms with Crippen molar-refractivity contribution < 1.29 is 9.47 Å². The maximum absolute atomic E-state index is 6.77. The quantitative estimate of drug-likeness (QED) is 0.212. The van der Waals surface area contributed by atoms with Crippen molar-refractivity contribution in [2.75, 3.05) is 0 Å². The molecule has 1 saturated carbocycles. The van der Waals surface area contributed by atoms with E-state index in [9.17, 15) is 0 Å². The van der Waals surface area contributed by atoms with Crippen LogP contribution >= 0.6 is 0 Å². The third kappa shape index (κ3) is 4.77. The van der Waals surface area contributed by atoms with Crippen LogP contribution in [0, 0.1) is 0 Å². The summed E-state index contributed by atoms with van der Waals surface area (Å²) in [4.78, 5) is 0. The molecule has 0 bridgehead atoms. The van der Waals surface area contributed by atoms with Crippen LogP contribution in [0.15, 0.2) is 78.9 Å². The van der Waals surface area contributed by atoms with E-state index in [1.54, 1.807) is 0 Å². The molecule has 1 aliphatic carbocycles. The zero-order chi connectivity index (χ0) is 22.6. The van der Waals surface area contributed by atoms with Crippen molar-refractivity contribution in [3.63, 3.8) is 0 Å². The predicted octanol–water partition coefficient (Wildman–Crippen LogP) is 8.93.